The molecule has 1 heterocycles. The van der Waals surface area contributed by atoms with Crippen LogP contribution in [0, 0.1) is 5.82 Å². The zero-order chi connectivity index (χ0) is 20.0. The third-order valence-corrected chi connectivity index (χ3v) is 4.18. The van der Waals surface area contributed by atoms with Gasteiger partial charge in [0.25, 0.3) is 0 Å². The number of nitrogens with one attached hydrogen (secondary N) is 1. The lowest BCUT2D eigenvalue weighted by atomic mass is 10.3. The van der Waals surface area contributed by atoms with Gasteiger partial charge in [0.2, 0.25) is 21.8 Å². The molecule has 0 atom stereocenters. The minimum absolute atomic E-state index is 0.112. The number of aromatic nitrogens is 2. The zero-order valence-corrected chi connectivity index (χ0v) is 15.4. The van der Waals surface area contributed by atoms with Crippen molar-refractivity contribution >= 4 is 21.7 Å². The lowest BCUT2D eigenvalue weighted by Gasteiger charge is -2.13. The van der Waals surface area contributed by atoms with Gasteiger partial charge < -0.3 is 18.9 Å². The predicted octanol–water partition coefficient (Wildman–Crippen LogP) is 1.34. The standard InChI is InChI=1S/C15H16FN3O7S/c1-23-11-7-12(24-2)18-15(17-11)26-10-6-4-5-9(16)14(10)19-27(21,22)8-13(20)25-3/h4-7,19H,8H2,1-3H3. The van der Waals surface area contributed by atoms with Crippen LogP contribution in [0.1, 0.15) is 0 Å². The highest BCUT2D eigenvalue weighted by molar-refractivity contribution is 7.93. The van der Waals surface area contributed by atoms with Gasteiger partial charge in [-0.2, -0.15) is 9.97 Å². The molecule has 0 radical (unpaired) electrons. The minimum atomic E-state index is -4.24. The largest absolute Gasteiger partial charge is 0.481 e. The Bertz CT molecular complexity index is 915. The molecule has 1 aromatic heterocycles. The molecule has 0 aliphatic rings. The summed E-state index contributed by atoms with van der Waals surface area (Å²) in [5.74, 6) is -2.96. The molecule has 0 spiro atoms. The molecule has 2 aromatic rings. The summed E-state index contributed by atoms with van der Waals surface area (Å²) in [6.07, 6.45) is 0. The van der Waals surface area contributed by atoms with Crippen molar-refractivity contribution in [3.63, 3.8) is 0 Å². The van der Waals surface area contributed by atoms with Crippen molar-refractivity contribution in [2.75, 3.05) is 31.8 Å². The van der Waals surface area contributed by atoms with Crippen LogP contribution in [0.25, 0.3) is 0 Å². The molecule has 12 heteroatoms. The molecule has 0 fully saturated rings. The fraction of sp³-hybridized carbons (Fsp3) is 0.267. The molecule has 1 aromatic carbocycles. The van der Waals surface area contributed by atoms with E-state index in [1.54, 1.807) is 0 Å². The van der Waals surface area contributed by atoms with Gasteiger partial charge in [-0.05, 0) is 12.1 Å². The van der Waals surface area contributed by atoms with Crippen molar-refractivity contribution in [1.29, 1.82) is 0 Å². The number of rotatable bonds is 8. The molecule has 0 bridgehead atoms. The first-order valence-electron chi connectivity index (χ1n) is 7.28. The second-order valence-corrected chi connectivity index (χ2v) is 6.61. The number of benzene rings is 1. The van der Waals surface area contributed by atoms with Crippen LogP contribution in [0.5, 0.6) is 23.5 Å². The average molecular weight is 401 g/mol. The summed E-state index contributed by atoms with van der Waals surface area (Å²) >= 11 is 0. The number of halogens is 1. The number of hydrogen-bond donors (Lipinski definition) is 1. The van der Waals surface area contributed by atoms with Crippen LogP contribution >= 0.6 is 0 Å². The van der Waals surface area contributed by atoms with Gasteiger partial charge in [-0.1, -0.05) is 6.07 Å². The van der Waals surface area contributed by atoms with Crippen molar-refractivity contribution in [1.82, 2.24) is 9.97 Å². The number of ether oxygens (including phenoxy) is 4. The minimum Gasteiger partial charge on any atom is -0.481 e. The summed E-state index contributed by atoms with van der Waals surface area (Å²) in [5.41, 5.74) is -0.521. The Morgan fingerprint density at radius 2 is 1.78 bits per heavy atom. The van der Waals surface area contributed by atoms with Gasteiger partial charge in [-0.25, -0.2) is 12.8 Å². The quantitative estimate of drug-likeness (QED) is 0.652. The molecule has 0 aliphatic carbocycles. The Kier molecular flexibility index (Phi) is 6.34. The maximum absolute atomic E-state index is 14.2. The molecule has 0 saturated carbocycles. The monoisotopic (exact) mass is 401 g/mol. The van der Waals surface area contributed by atoms with Crippen molar-refractivity contribution in [3.8, 4) is 23.5 Å². The molecular weight excluding hydrogens is 385 g/mol. The van der Waals surface area contributed by atoms with E-state index in [9.17, 15) is 17.6 Å². The number of esters is 1. The van der Waals surface area contributed by atoms with E-state index in [0.29, 0.717) is 0 Å². The van der Waals surface area contributed by atoms with Gasteiger partial charge >= 0.3 is 12.0 Å². The molecule has 10 nitrogen and oxygen atoms in total. The van der Waals surface area contributed by atoms with Gasteiger partial charge in [-0.3, -0.25) is 9.52 Å². The first-order valence-corrected chi connectivity index (χ1v) is 8.94. The van der Waals surface area contributed by atoms with Crippen molar-refractivity contribution in [2.24, 2.45) is 0 Å². The number of carbonyl (C=O) groups is 1. The molecule has 0 aliphatic heterocycles. The smallest absolute Gasteiger partial charge is 0.328 e. The van der Waals surface area contributed by atoms with Crippen molar-refractivity contribution < 1.29 is 36.6 Å². The fourth-order valence-corrected chi connectivity index (χ4v) is 2.84. The highest BCUT2D eigenvalue weighted by Crippen LogP contribution is 2.32. The Morgan fingerprint density at radius 3 is 2.33 bits per heavy atom. The van der Waals surface area contributed by atoms with E-state index in [1.807, 2.05) is 4.72 Å². The summed E-state index contributed by atoms with van der Waals surface area (Å²) < 4.78 is 59.8. The van der Waals surface area contributed by atoms with E-state index in [1.165, 1.54) is 32.4 Å². The summed E-state index contributed by atoms with van der Waals surface area (Å²) in [6, 6.07) is 4.70. The van der Waals surface area contributed by atoms with Crippen LogP contribution in [-0.2, 0) is 19.6 Å². The lowest BCUT2D eigenvalue weighted by molar-refractivity contribution is -0.137. The SMILES string of the molecule is COC(=O)CS(=O)(=O)Nc1c(F)cccc1Oc1nc(OC)cc(OC)n1. The topological polar surface area (TPSA) is 126 Å². The molecule has 0 amide bonds. The van der Waals surface area contributed by atoms with Gasteiger partial charge in [0.15, 0.2) is 17.3 Å². The van der Waals surface area contributed by atoms with Gasteiger partial charge in [-0.15, -0.1) is 0 Å². The number of anilines is 1. The Hall–Kier alpha value is -3.15. The van der Waals surface area contributed by atoms with Gasteiger partial charge in [0.1, 0.15) is 5.69 Å². The Balaban J connectivity index is 2.37. The molecule has 2 rings (SSSR count). The maximum atomic E-state index is 14.2. The summed E-state index contributed by atoms with van der Waals surface area (Å²) in [4.78, 5) is 19.0. The molecule has 0 saturated heterocycles. The van der Waals surface area contributed by atoms with Gasteiger partial charge in [0, 0.05) is 0 Å². The zero-order valence-electron chi connectivity index (χ0n) is 14.6. The third kappa shape index (κ3) is 5.41. The molecule has 1 N–H and O–H groups in total. The Morgan fingerprint density at radius 1 is 1.15 bits per heavy atom. The van der Waals surface area contributed by atoms with Crippen LogP contribution in [0.2, 0.25) is 0 Å². The first kappa shape index (κ1) is 20.2. The van der Waals surface area contributed by atoms with E-state index in [2.05, 4.69) is 14.7 Å². The van der Waals surface area contributed by atoms with E-state index in [4.69, 9.17) is 14.2 Å². The van der Waals surface area contributed by atoms with Crippen LogP contribution < -0.4 is 18.9 Å². The second-order valence-electron chi connectivity index (χ2n) is 4.89. The fourth-order valence-electron chi connectivity index (χ4n) is 1.83. The molecular formula is C15H16FN3O7S. The summed E-state index contributed by atoms with van der Waals surface area (Å²) in [5, 5.41) is 0. The number of sulfonamides is 1. The lowest BCUT2D eigenvalue weighted by Crippen LogP contribution is -2.24. The number of carbonyl (C=O) groups excluding carboxylic acids is 1. The first-order chi connectivity index (χ1) is 12.8. The summed E-state index contributed by atoms with van der Waals surface area (Å²) in [6.45, 7) is 0. The summed E-state index contributed by atoms with van der Waals surface area (Å²) in [7, 11) is -0.490. The number of nitrogens with zero attached hydrogens (tertiary/aromatic N) is 2. The predicted molar refractivity (Wildman–Crippen MR) is 91.0 cm³/mol. The highest BCUT2D eigenvalue weighted by atomic mass is 32.2. The highest BCUT2D eigenvalue weighted by Gasteiger charge is 2.22. The average Bonchev–Trinajstić information content (AvgIpc) is 2.63. The number of hydrogen-bond acceptors (Lipinski definition) is 9. The van der Waals surface area contributed by atoms with Crippen LogP contribution in [0.4, 0.5) is 10.1 Å². The van der Waals surface area contributed by atoms with E-state index >= 15 is 0 Å². The van der Waals surface area contributed by atoms with E-state index in [0.717, 1.165) is 13.2 Å². The van der Waals surface area contributed by atoms with E-state index < -0.39 is 33.3 Å². The van der Waals surface area contributed by atoms with Crippen LogP contribution in [-0.4, -0.2) is 51.4 Å². The number of methoxy groups -OCH3 is 3. The van der Waals surface area contributed by atoms with Crippen LogP contribution in [0.3, 0.4) is 0 Å². The molecule has 0 unspecified atom stereocenters. The normalized spacial score (nSPS) is 10.8. The number of para-hydroxylation sites is 1. The van der Waals surface area contributed by atoms with E-state index in [-0.39, 0.29) is 23.5 Å². The Labute approximate surface area is 154 Å². The van der Waals surface area contributed by atoms with Gasteiger partial charge in [0.05, 0.1) is 27.4 Å². The van der Waals surface area contributed by atoms with Crippen molar-refractivity contribution in [2.45, 2.75) is 0 Å². The second kappa shape index (κ2) is 8.49. The molecule has 146 valence electrons. The van der Waals surface area contributed by atoms with Crippen LogP contribution in [0.15, 0.2) is 24.3 Å². The third-order valence-electron chi connectivity index (χ3n) is 3.05. The molecule has 27 heavy (non-hydrogen) atoms. The van der Waals surface area contributed by atoms with Crippen molar-refractivity contribution in [3.05, 3.63) is 30.1 Å². The maximum Gasteiger partial charge on any atom is 0.328 e.